The number of nitrogens with zero attached hydrogens (tertiary/aromatic N) is 1. The Labute approximate surface area is 101 Å². The number of hydrogen-bond acceptors (Lipinski definition) is 2. The summed E-state index contributed by atoms with van der Waals surface area (Å²) in [5.41, 5.74) is 1.08. The van der Waals surface area contributed by atoms with Crippen molar-refractivity contribution in [3.8, 4) is 0 Å². The first-order chi connectivity index (χ1) is 7.58. The Balaban J connectivity index is 1.98. The normalized spacial score (nSPS) is 20.1. The number of halogens is 1. The fourth-order valence-corrected chi connectivity index (χ4v) is 3.63. The smallest absolute Gasteiger partial charge is 0.212 e. The summed E-state index contributed by atoms with van der Waals surface area (Å²) in [6.07, 6.45) is 1.47. The van der Waals surface area contributed by atoms with Crippen LogP contribution in [-0.2, 0) is 16.4 Å². The van der Waals surface area contributed by atoms with Gasteiger partial charge in [-0.2, -0.15) is 0 Å². The average molecular weight is 260 g/mol. The highest BCUT2D eigenvalue weighted by molar-refractivity contribution is 7.89. The Morgan fingerprint density at radius 2 is 2.19 bits per heavy atom. The Morgan fingerprint density at radius 1 is 1.38 bits per heavy atom. The van der Waals surface area contributed by atoms with Gasteiger partial charge in [-0.3, -0.25) is 0 Å². The van der Waals surface area contributed by atoms with Crippen molar-refractivity contribution in [1.29, 1.82) is 0 Å². The SMILES string of the molecule is O=S1(=O)CCCN1CCc1cccc(Cl)c1. The van der Waals surface area contributed by atoms with Gasteiger partial charge in [0.25, 0.3) is 0 Å². The molecule has 0 atom stereocenters. The van der Waals surface area contributed by atoms with Crippen molar-refractivity contribution in [2.45, 2.75) is 12.8 Å². The molecule has 16 heavy (non-hydrogen) atoms. The van der Waals surface area contributed by atoms with Gasteiger partial charge in [-0.1, -0.05) is 23.7 Å². The quantitative estimate of drug-likeness (QED) is 0.832. The van der Waals surface area contributed by atoms with Crippen LogP contribution in [0.5, 0.6) is 0 Å². The van der Waals surface area contributed by atoms with Crippen molar-refractivity contribution < 1.29 is 8.42 Å². The Bertz CT molecular complexity index is 473. The Morgan fingerprint density at radius 3 is 2.81 bits per heavy atom. The van der Waals surface area contributed by atoms with Crippen molar-refractivity contribution in [3.05, 3.63) is 34.9 Å². The Hall–Kier alpha value is -0.580. The minimum atomic E-state index is -2.97. The Kier molecular flexibility index (Phi) is 3.52. The molecule has 0 saturated carbocycles. The van der Waals surface area contributed by atoms with Crippen LogP contribution in [0.2, 0.25) is 5.02 Å². The van der Waals surface area contributed by atoms with Crippen LogP contribution in [0.3, 0.4) is 0 Å². The van der Waals surface area contributed by atoms with Crippen molar-refractivity contribution in [1.82, 2.24) is 4.31 Å². The predicted octanol–water partition coefficient (Wildman–Crippen LogP) is 1.92. The maximum Gasteiger partial charge on any atom is 0.214 e. The zero-order valence-corrected chi connectivity index (χ0v) is 10.5. The predicted molar refractivity (Wildman–Crippen MR) is 65.1 cm³/mol. The van der Waals surface area contributed by atoms with E-state index in [1.165, 1.54) is 0 Å². The van der Waals surface area contributed by atoms with Crippen LogP contribution >= 0.6 is 11.6 Å². The molecule has 1 heterocycles. The molecule has 0 radical (unpaired) electrons. The minimum Gasteiger partial charge on any atom is -0.212 e. The lowest BCUT2D eigenvalue weighted by Gasteiger charge is -2.13. The maximum atomic E-state index is 11.5. The van der Waals surface area contributed by atoms with E-state index in [0.29, 0.717) is 23.9 Å². The number of rotatable bonds is 3. The molecule has 1 aliphatic heterocycles. The maximum absolute atomic E-state index is 11.5. The molecule has 1 saturated heterocycles. The highest BCUT2D eigenvalue weighted by Crippen LogP contribution is 2.16. The fraction of sp³-hybridized carbons (Fsp3) is 0.455. The van der Waals surface area contributed by atoms with Gasteiger partial charge in [0.05, 0.1) is 5.75 Å². The molecule has 0 spiro atoms. The second kappa shape index (κ2) is 4.73. The van der Waals surface area contributed by atoms with Gasteiger partial charge in [-0.25, -0.2) is 12.7 Å². The highest BCUT2D eigenvalue weighted by atomic mass is 35.5. The van der Waals surface area contributed by atoms with Crippen LogP contribution < -0.4 is 0 Å². The molecule has 0 N–H and O–H groups in total. The second-order valence-corrected chi connectivity index (χ2v) is 6.47. The van der Waals surface area contributed by atoms with E-state index >= 15 is 0 Å². The lowest BCUT2D eigenvalue weighted by molar-refractivity contribution is 0.447. The third kappa shape index (κ3) is 2.75. The molecule has 1 fully saturated rings. The molecule has 88 valence electrons. The highest BCUT2D eigenvalue weighted by Gasteiger charge is 2.27. The van der Waals surface area contributed by atoms with Crippen LogP contribution in [0.15, 0.2) is 24.3 Å². The van der Waals surface area contributed by atoms with E-state index in [9.17, 15) is 8.42 Å². The molecular formula is C11H14ClNO2S. The summed E-state index contributed by atoms with van der Waals surface area (Å²) in [5, 5.41) is 0.696. The molecule has 0 unspecified atom stereocenters. The van der Waals surface area contributed by atoms with Gasteiger partial charge in [0.1, 0.15) is 0 Å². The van der Waals surface area contributed by atoms with E-state index < -0.39 is 10.0 Å². The molecule has 1 aromatic rings. The molecule has 0 aromatic heterocycles. The van der Waals surface area contributed by atoms with E-state index in [1.807, 2.05) is 24.3 Å². The van der Waals surface area contributed by atoms with E-state index in [1.54, 1.807) is 4.31 Å². The van der Waals surface area contributed by atoms with Crippen molar-refractivity contribution in [2.75, 3.05) is 18.8 Å². The van der Waals surface area contributed by atoms with Gasteiger partial charge in [0.2, 0.25) is 10.0 Å². The monoisotopic (exact) mass is 259 g/mol. The van der Waals surface area contributed by atoms with E-state index in [2.05, 4.69) is 0 Å². The van der Waals surface area contributed by atoms with Crippen molar-refractivity contribution in [2.24, 2.45) is 0 Å². The molecule has 3 nitrogen and oxygen atoms in total. The topological polar surface area (TPSA) is 37.4 Å². The van der Waals surface area contributed by atoms with Gasteiger partial charge in [0, 0.05) is 18.1 Å². The van der Waals surface area contributed by atoms with Gasteiger partial charge in [-0.15, -0.1) is 0 Å². The first-order valence-corrected chi connectivity index (χ1v) is 7.29. The van der Waals surface area contributed by atoms with Crippen LogP contribution in [0, 0.1) is 0 Å². The van der Waals surface area contributed by atoms with Crippen molar-refractivity contribution in [3.63, 3.8) is 0 Å². The van der Waals surface area contributed by atoms with Gasteiger partial charge >= 0.3 is 0 Å². The number of benzene rings is 1. The third-order valence-electron chi connectivity index (χ3n) is 2.74. The first kappa shape index (κ1) is 11.9. The summed E-state index contributed by atoms with van der Waals surface area (Å²) in [6, 6.07) is 7.55. The van der Waals surface area contributed by atoms with Crippen LogP contribution in [0.4, 0.5) is 0 Å². The zero-order valence-electron chi connectivity index (χ0n) is 8.89. The van der Waals surface area contributed by atoms with Crippen molar-refractivity contribution >= 4 is 21.6 Å². The summed E-state index contributed by atoms with van der Waals surface area (Å²) in [4.78, 5) is 0. The van der Waals surface area contributed by atoms with Crippen LogP contribution in [-0.4, -0.2) is 31.6 Å². The average Bonchev–Trinajstić information content (AvgIpc) is 2.55. The third-order valence-corrected chi connectivity index (χ3v) is 4.93. The first-order valence-electron chi connectivity index (χ1n) is 5.30. The molecule has 2 rings (SSSR count). The molecule has 0 amide bonds. The minimum absolute atomic E-state index is 0.294. The lowest BCUT2D eigenvalue weighted by Crippen LogP contribution is -2.27. The lowest BCUT2D eigenvalue weighted by atomic mass is 10.1. The zero-order chi connectivity index (χ0) is 11.6. The standard InChI is InChI=1S/C11H14ClNO2S/c12-11-4-1-3-10(9-11)5-7-13-6-2-8-16(13,14)15/h1,3-4,9H,2,5-8H2. The van der Waals surface area contributed by atoms with Crippen LogP contribution in [0.25, 0.3) is 0 Å². The molecule has 5 heteroatoms. The molecule has 1 aromatic carbocycles. The summed E-state index contributed by atoms with van der Waals surface area (Å²) in [6.45, 7) is 1.21. The molecular weight excluding hydrogens is 246 g/mol. The number of hydrogen-bond donors (Lipinski definition) is 0. The molecule has 0 aliphatic carbocycles. The number of sulfonamides is 1. The molecule has 1 aliphatic rings. The summed E-state index contributed by atoms with van der Waals surface area (Å²) >= 11 is 5.86. The van der Waals surface area contributed by atoms with Gasteiger partial charge < -0.3 is 0 Å². The van der Waals surface area contributed by atoms with E-state index in [0.717, 1.165) is 18.4 Å². The summed E-state index contributed by atoms with van der Waals surface area (Å²) in [5.74, 6) is 0.294. The van der Waals surface area contributed by atoms with Gasteiger partial charge in [-0.05, 0) is 30.5 Å². The largest absolute Gasteiger partial charge is 0.214 e. The summed E-state index contributed by atoms with van der Waals surface area (Å²) in [7, 11) is -2.97. The van der Waals surface area contributed by atoms with E-state index in [-0.39, 0.29) is 0 Å². The van der Waals surface area contributed by atoms with Crippen LogP contribution in [0.1, 0.15) is 12.0 Å². The summed E-state index contributed by atoms with van der Waals surface area (Å²) < 4.78 is 24.7. The fourth-order valence-electron chi connectivity index (χ4n) is 1.89. The van der Waals surface area contributed by atoms with Gasteiger partial charge in [0.15, 0.2) is 0 Å². The molecule has 0 bridgehead atoms. The second-order valence-electron chi connectivity index (χ2n) is 3.95. The van der Waals surface area contributed by atoms with E-state index in [4.69, 9.17) is 11.6 Å².